The van der Waals surface area contributed by atoms with Crippen LogP contribution >= 0.6 is 0 Å². The zero-order valence-electron chi connectivity index (χ0n) is 8.43. The third kappa shape index (κ3) is 4.78. The Bertz CT molecular complexity index is 417. The van der Waals surface area contributed by atoms with Crippen molar-refractivity contribution in [1.29, 1.82) is 0 Å². The van der Waals surface area contributed by atoms with Gasteiger partial charge in [0.2, 0.25) is 0 Å². The van der Waals surface area contributed by atoms with Gasteiger partial charge in [-0.05, 0) is 24.1 Å². The van der Waals surface area contributed by atoms with Gasteiger partial charge in [0.15, 0.2) is 0 Å². The lowest BCUT2D eigenvalue weighted by Crippen LogP contribution is -2.32. The second-order valence-corrected chi connectivity index (χ2v) is 4.42. The highest BCUT2D eigenvalue weighted by Crippen LogP contribution is 2.12. The molecule has 1 rings (SSSR count). The zero-order valence-corrected chi connectivity index (χ0v) is 9.25. The first kappa shape index (κ1) is 12.0. The molecule has 0 atom stereocenters. The molecule has 3 N–H and O–H groups in total. The monoisotopic (exact) mass is 230 g/mol. The lowest BCUT2D eigenvalue weighted by Gasteiger charge is -2.04. The number of benzene rings is 1. The maximum Gasteiger partial charge on any atom is 0.274 e. The molecule has 0 saturated heterocycles. The maximum absolute atomic E-state index is 10.6. The molecule has 0 fully saturated rings. The van der Waals surface area contributed by atoms with Crippen LogP contribution in [0.3, 0.4) is 0 Å². The van der Waals surface area contributed by atoms with Crippen LogP contribution in [0.1, 0.15) is 5.56 Å². The van der Waals surface area contributed by atoms with Crippen molar-refractivity contribution in [3.63, 3.8) is 0 Å². The van der Waals surface area contributed by atoms with Crippen molar-refractivity contribution in [1.82, 2.24) is 4.72 Å². The highest BCUT2D eigenvalue weighted by Gasteiger charge is 2.01. The number of hydrogen-bond donors (Lipinski definition) is 2. The molecule has 1 aromatic rings. The van der Waals surface area contributed by atoms with E-state index in [1.165, 1.54) is 0 Å². The van der Waals surface area contributed by atoms with Gasteiger partial charge in [-0.3, -0.25) is 0 Å². The Labute approximate surface area is 89.4 Å². The normalized spacial score (nSPS) is 11.3. The van der Waals surface area contributed by atoms with E-state index in [-0.39, 0.29) is 6.54 Å². The van der Waals surface area contributed by atoms with Crippen molar-refractivity contribution in [2.45, 2.75) is 6.42 Å². The summed E-state index contributed by atoms with van der Waals surface area (Å²) in [6.07, 6.45) is 0.577. The third-order valence-corrected chi connectivity index (χ3v) is 2.46. The summed E-state index contributed by atoms with van der Waals surface area (Å²) in [6, 6.07) is 7.43. The molecular weight excluding hydrogens is 216 g/mol. The van der Waals surface area contributed by atoms with Crippen molar-refractivity contribution in [3.8, 4) is 5.75 Å². The second kappa shape index (κ2) is 5.11. The van der Waals surface area contributed by atoms with Crippen LogP contribution < -0.4 is 14.6 Å². The van der Waals surface area contributed by atoms with Crippen molar-refractivity contribution in [2.24, 2.45) is 5.14 Å². The Hall–Kier alpha value is -1.11. The van der Waals surface area contributed by atoms with Gasteiger partial charge >= 0.3 is 0 Å². The van der Waals surface area contributed by atoms with Gasteiger partial charge in [0.05, 0.1) is 7.11 Å². The molecule has 5 nitrogen and oxygen atoms in total. The van der Waals surface area contributed by atoms with Crippen LogP contribution in [0.25, 0.3) is 0 Å². The third-order valence-electron chi connectivity index (χ3n) is 1.85. The van der Waals surface area contributed by atoms with Gasteiger partial charge in [-0.1, -0.05) is 12.1 Å². The minimum Gasteiger partial charge on any atom is -0.497 e. The van der Waals surface area contributed by atoms with Crippen LogP contribution in [-0.2, 0) is 16.6 Å². The lowest BCUT2D eigenvalue weighted by atomic mass is 10.1. The summed E-state index contributed by atoms with van der Waals surface area (Å²) in [5.41, 5.74) is 0.991. The molecule has 0 unspecified atom stereocenters. The molecule has 0 saturated carbocycles. The van der Waals surface area contributed by atoms with Gasteiger partial charge in [-0.25, -0.2) is 9.86 Å². The van der Waals surface area contributed by atoms with E-state index >= 15 is 0 Å². The molecule has 0 spiro atoms. The number of rotatable bonds is 5. The molecule has 0 aliphatic heterocycles. The molecule has 0 bridgehead atoms. The summed E-state index contributed by atoms with van der Waals surface area (Å²) in [5, 5.41) is 4.79. The van der Waals surface area contributed by atoms with Crippen LogP contribution in [0, 0.1) is 0 Å². The van der Waals surface area contributed by atoms with E-state index in [9.17, 15) is 8.42 Å². The maximum atomic E-state index is 10.6. The topological polar surface area (TPSA) is 81.4 Å². The van der Waals surface area contributed by atoms with Crippen molar-refractivity contribution < 1.29 is 13.2 Å². The second-order valence-electron chi connectivity index (χ2n) is 3.04. The summed E-state index contributed by atoms with van der Waals surface area (Å²) >= 11 is 0. The van der Waals surface area contributed by atoms with E-state index in [0.29, 0.717) is 6.42 Å². The van der Waals surface area contributed by atoms with Crippen molar-refractivity contribution in [3.05, 3.63) is 29.8 Å². The number of nitrogens with one attached hydrogen (secondary N) is 1. The molecule has 1 aromatic carbocycles. The summed E-state index contributed by atoms with van der Waals surface area (Å²) in [5.74, 6) is 0.753. The van der Waals surface area contributed by atoms with Gasteiger partial charge in [0.25, 0.3) is 10.2 Å². The number of ether oxygens (including phenoxy) is 1. The minimum atomic E-state index is -3.59. The molecule has 0 aliphatic rings. The average molecular weight is 230 g/mol. The highest BCUT2D eigenvalue weighted by molar-refractivity contribution is 7.87. The molecular formula is C9H14N2O3S. The predicted octanol–water partition coefficient (Wildman–Crippen LogP) is 0.0308. The molecule has 0 aromatic heterocycles. The van der Waals surface area contributed by atoms with Crippen molar-refractivity contribution >= 4 is 10.2 Å². The zero-order chi connectivity index (χ0) is 11.3. The molecule has 0 aliphatic carbocycles. The molecule has 0 radical (unpaired) electrons. The van der Waals surface area contributed by atoms with E-state index < -0.39 is 10.2 Å². The fourth-order valence-electron chi connectivity index (χ4n) is 1.17. The Morgan fingerprint density at radius 2 is 2.20 bits per heavy atom. The predicted molar refractivity (Wildman–Crippen MR) is 57.8 cm³/mol. The van der Waals surface area contributed by atoms with E-state index in [1.807, 2.05) is 24.3 Å². The quantitative estimate of drug-likeness (QED) is 0.748. The SMILES string of the molecule is COc1cccc(CCNS(N)(=O)=O)c1. The van der Waals surface area contributed by atoms with Crippen LogP contribution in [0.15, 0.2) is 24.3 Å². The average Bonchev–Trinajstić information content (AvgIpc) is 2.16. The largest absolute Gasteiger partial charge is 0.497 e. The summed E-state index contributed by atoms with van der Waals surface area (Å²) < 4.78 is 28.4. The standard InChI is InChI=1S/C9H14N2O3S/c1-14-9-4-2-3-8(7-9)5-6-11-15(10,12)13/h2-4,7,11H,5-6H2,1H3,(H2,10,12,13). The van der Waals surface area contributed by atoms with Gasteiger partial charge in [0, 0.05) is 6.54 Å². The Balaban J connectivity index is 2.51. The summed E-state index contributed by atoms with van der Waals surface area (Å²) in [6.45, 7) is 0.284. The van der Waals surface area contributed by atoms with Crippen LogP contribution in [0.2, 0.25) is 0 Å². The van der Waals surface area contributed by atoms with Gasteiger partial charge in [-0.15, -0.1) is 0 Å². The smallest absolute Gasteiger partial charge is 0.274 e. The first-order chi connectivity index (χ1) is 7.01. The summed E-state index contributed by atoms with van der Waals surface area (Å²) in [7, 11) is -2.01. The van der Waals surface area contributed by atoms with E-state index in [2.05, 4.69) is 4.72 Å². The Kier molecular flexibility index (Phi) is 4.07. The molecule has 0 heterocycles. The fourth-order valence-corrected chi connectivity index (χ4v) is 1.55. The molecule has 6 heteroatoms. The van der Waals surface area contributed by atoms with Crippen LogP contribution in [-0.4, -0.2) is 22.1 Å². The highest BCUT2D eigenvalue weighted by atomic mass is 32.2. The molecule has 0 amide bonds. The number of methoxy groups -OCH3 is 1. The van der Waals surface area contributed by atoms with Gasteiger partial charge in [-0.2, -0.15) is 8.42 Å². The van der Waals surface area contributed by atoms with E-state index in [0.717, 1.165) is 11.3 Å². The lowest BCUT2D eigenvalue weighted by molar-refractivity contribution is 0.414. The molecule has 15 heavy (non-hydrogen) atoms. The van der Waals surface area contributed by atoms with E-state index in [4.69, 9.17) is 9.88 Å². The summed E-state index contributed by atoms with van der Waals surface area (Å²) in [4.78, 5) is 0. The minimum absolute atomic E-state index is 0.284. The molecule has 84 valence electrons. The van der Waals surface area contributed by atoms with Gasteiger partial charge < -0.3 is 4.74 Å². The fraction of sp³-hybridized carbons (Fsp3) is 0.333. The van der Waals surface area contributed by atoms with Crippen molar-refractivity contribution in [2.75, 3.05) is 13.7 Å². The Morgan fingerprint density at radius 3 is 2.80 bits per heavy atom. The van der Waals surface area contributed by atoms with Gasteiger partial charge in [0.1, 0.15) is 5.75 Å². The first-order valence-corrected chi connectivity index (χ1v) is 5.96. The van der Waals surface area contributed by atoms with Crippen LogP contribution in [0.4, 0.5) is 0 Å². The number of hydrogen-bond acceptors (Lipinski definition) is 3. The van der Waals surface area contributed by atoms with E-state index in [1.54, 1.807) is 7.11 Å². The first-order valence-electron chi connectivity index (χ1n) is 4.41. The number of nitrogens with two attached hydrogens (primary N) is 1. The van der Waals surface area contributed by atoms with Crippen LogP contribution in [0.5, 0.6) is 5.75 Å². The Morgan fingerprint density at radius 1 is 1.47 bits per heavy atom.